The minimum absolute atomic E-state index is 0.539. The highest BCUT2D eigenvalue weighted by Crippen LogP contribution is 2.43. The van der Waals surface area contributed by atoms with Gasteiger partial charge in [-0.1, -0.05) is 43.5 Å². The van der Waals surface area contributed by atoms with Crippen molar-refractivity contribution in [3.63, 3.8) is 0 Å². The molecule has 2 rings (SSSR count). The maximum absolute atomic E-state index is 11.9. The highest BCUT2D eigenvalue weighted by molar-refractivity contribution is 5.75. The van der Waals surface area contributed by atoms with E-state index in [1.165, 1.54) is 29.5 Å². The topological polar surface area (TPSA) is 37.3 Å². The minimum Gasteiger partial charge on any atom is -0.481 e. The van der Waals surface area contributed by atoms with Gasteiger partial charge in [0.2, 0.25) is 0 Å². The van der Waals surface area contributed by atoms with Crippen LogP contribution in [0, 0.1) is 25.2 Å². The van der Waals surface area contributed by atoms with Gasteiger partial charge in [0, 0.05) is 0 Å². The first kappa shape index (κ1) is 16.1. The third kappa shape index (κ3) is 3.66. The van der Waals surface area contributed by atoms with E-state index >= 15 is 0 Å². The molecule has 2 heteroatoms. The molecule has 1 aliphatic carbocycles. The Balaban J connectivity index is 2.17. The van der Waals surface area contributed by atoms with Crippen LogP contribution >= 0.6 is 0 Å². The number of aryl methyl sites for hydroxylation is 2. The molecular formula is C19H28O2. The van der Waals surface area contributed by atoms with E-state index < -0.39 is 11.4 Å². The van der Waals surface area contributed by atoms with Gasteiger partial charge in [0.1, 0.15) is 0 Å². The summed E-state index contributed by atoms with van der Waals surface area (Å²) in [6.45, 7) is 6.39. The Bertz CT molecular complexity index is 496. The molecule has 0 saturated heterocycles. The predicted molar refractivity (Wildman–Crippen MR) is 86.6 cm³/mol. The van der Waals surface area contributed by atoms with Crippen LogP contribution < -0.4 is 0 Å². The van der Waals surface area contributed by atoms with Gasteiger partial charge in [-0.15, -0.1) is 0 Å². The van der Waals surface area contributed by atoms with Crippen molar-refractivity contribution in [2.75, 3.05) is 0 Å². The lowest BCUT2D eigenvalue weighted by molar-refractivity contribution is -0.151. The molecular weight excluding hydrogens is 260 g/mol. The van der Waals surface area contributed by atoms with Crippen molar-refractivity contribution in [1.82, 2.24) is 0 Å². The number of benzene rings is 1. The van der Waals surface area contributed by atoms with E-state index in [0.29, 0.717) is 6.42 Å². The fraction of sp³-hybridized carbons (Fsp3) is 0.632. The first-order chi connectivity index (χ1) is 9.97. The van der Waals surface area contributed by atoms with Crippen LogP contribution in [0.2, 0.25) is 0 Å². The number of aliphatic carboxylic acids is 1. The second-order valence-electron chi connectivity index (χ2n) is 6.92. The van der Waals surface area contributed by atoms with Gasteiger partial charge in [-0.25, -0.2) is 0 Å². The summed E-state index contributed by atoms with van der Waals surface area (Å²) in [5.41, 5.74) is 3.11. The molecule has 0 atom stereocenters. The lowest BCUT2D eigenvalue weighted by atomic mass is 9.66. The molecule has 1 aliphatic rings. The van der Waals surface area contributed by atoms with Crippen LogP contribution in [0.1, 0.15) is 62.1 Å². The fourth-order valence-electron chi connectivity index (χ4n) is 3.75. The monoisotopic (exact) mass is 288 g/mol. The fourth-order valence-corrected chi connectivity index (χ4v) is 3.75. The Hall–Kier alpha value is -1.31. The third-order valence-corrected chi connectivity index (χ3v) is 5.25. The molecule has 0 unspecified atom stereocenters. The standard InChI is InChI=1S/C19H28O2/c1-4-5-16-8-10-19(11-9-16,18(20)21)13-17-12-14(2)6-7-15(17)3/h6-7,12,16H,4-5,8-11,13H2,1-3H3,(H,20,21). The molecule has 0 bridgehead atoms. The summed E-state index contributed by atoms with van der Waals surface area (Å²) in [5.74, 6) is 0.138. The van der Waals surface area contributed by atoms with Crippen LogP contribution in [-0.2, 0) is 11.2 Å². The molecule has 0 aliphatic heterocycles. The van der Waals surface area contributed by atoms with Gasteiger partial charge in [0.05, 0.1) is 5.41 Å². The van der Waals surface area contributed by atoms with Crippen LogP contribution in [0.15, 0.2) is 18.2 Å². The Morgan fingerprint density at radius 1 is 1.29 bits per heavy atom. The molecule has 21 heavy (non-hydrogen) atoms. The SMILES string of the molecule is CCCC1CCC(Cc2cc(C)ccc2C)(C(=O)O)CC1. The van der Waals surface area contributed by atoms with E-state index in [1.54, 1.807) is 0 Å². The molecule has 0 heterocycles. The molecule has 0 amide bonds. The van der Waals surface area contributed by atoms with Gasteiger partial charge < -0.3 is 5.11 Å². The van der Waals surface area contributed by atoms with Crippen molar-refractivity contribution in [2.45, 2.75) is 65.7 Å². The van der Waals surface area contributed by atoms with Crippen molar-refractivity contribution in [2.24, 2.45) is 11.3 Å². The van der Waals surface area contributed by atoms with Crippen molar-refractivity contribution >= 4 is 5.97 Å². The molecule has 1 fully saturated rings. The van der Waals surface area contributed by atoms with Gasteiger partial charge in [0.25, 0.3) is 0 Å². The average Bonchev–Trinajstić information content (AvgIpc) is 2.45. The zero-order chi connectivity index (χ0) is 15.5. The molecule has 116 valence electrons. The highest BCUT2D eigenvalue weighted by atomic mass is 16.4. The first-order valence-corrected chi connectivity index (χ1v) is 8.26. The van der Waals surface area contributed by atoms with Gasteiger partial charge in [-0.05, 0) is 63.0 Å². The number of hydrogen-bond acceptors (Lipinski definition) is 1. The zero-order valence-electron chi connectivity index (χ0n) is 13.6. The second-order valence-corrected chi connectivity index (χ2v) is 6.92. The molecule has 0 spiro atoms. The molecule has 1 saturated carbocycles. The van der Waals surface area contributed by atoms with Crippen LogP contribution in [0.25, 0.3) is 0 Å². The van der Waals surface area contributed by atoms with Gasteiger partial charge in [-0.2, -0.15) is 0 Å². The van der Waals surface area contributed by atoms with E-state index in [9.17, 15) is 9.90 Å². The van der Waals surface area contributed by atoms with Crippen LogP contribution in [0.3, 0.4) is 0 Å². The summed E-state index contributed by atoms with van der Waals surface area (Å²) in [4.78, 5) is 11.9. The maximum Gasteiger partial charge on any atom is 0.309 e. The zero-order valence-corrected chi connectivity index (χ0v) is 13.6. The lowest BCUT2D eigenvalue weighted by Gasteiger charge is -2.37. The van der Waals surface area contributed by atoms with E-state index in [1.807, 2.05) is 0 Å². The van der Waals surface area contributed by atoms with Crippen molar-refractivity contribution in [3.8, 4) is 0 Å². The van der Waals surface area contributed by atoms with Crippen LogP contribution in [0.5, 0.6) is 0 Å². The second kappa shape index (κ2) is 6.64. The normalized spacial score (nSPS) is 25.8. The number of hydrogen-bond donors (Lipinski definition) is 1. The number of carbonyl (C=O) groups is 1. The largest absolute Gasteiger partial charge is 0.481 e. The van der Waals surface area contributed by atoms with Crippen molar-refractivity contribution in [1.29, 1.82) is 0 Å². The van der Waals surface area contributed by atoms with Gasteiger partial charge in [-0.3, -0.25) is 4.79 Å². The van der Waals surface area contributed by atoms with Gasteiger partial charge in [0.15, 0.2) is 0 Å². The summed E-state index contributed by atoms with van der Waals surface area (Å²) in [5, 5.41) is 9.83. The third-order valence-electron chi connectivity index (χ3n) is 5.25. The quantitative estimate of drug-likeness (QED) is 0.836. The minimum atomic E-state index is -0.599. The number of carboxylic acids is 1. The van der Waals surface area contributed by atoms with Crippen LogP contribution in [0.4, 0.5) is 0 Å². The molecule has 1 aromatic carbocycles. The molecule has 1 aromatic rings. The van der Waals surface area contributed by atoms with Gasteiger partial charge >= 0.3 is 5.97 Å². The van der Waals surface area contributed by atoms with E-state index in [4.69, 9.17) is 0 Å². The first-order valence-electron chi connectivity index (χ1n) is 8.26. The molecule has 0 aromatic heterocycles. The highest BCUT2D eigenvalue weighted by Gasteiger charge is 2.41. The summed E-state index contributed by atoms with van der Waals surface area (Å²) in [6.07, 6.45) is 6.96. The van der Waals surface area contributed by atoms with Crippen LogP contribution in [-0.4, -0.2) is 11.1 Å². The Morgan fingerprint density at radius 2 is 1.95 bits per heavy atom. The Kier molecular flexibility index (Phi) is 5.08. The Labute approximate surface area is 128 Å². The summed E-state index contributed by atoms with van der Waals surface area (Å²) >= 11 is 0. The average molecular weight is 288 g/mol. The molecule has 2 nitrogen and oxygen atoms in total. The molecule has 0 radical (unpaired) electrons. The summed E-state index contributed by atoms with van der Waals surface area (Å²) < 4.78 is 0. The van der Waals surface area contributed by atoms with E-state index in [0.717, 1.165) is 31.6 Å². The predicted octanol–water partition coefficient (Wildman–Crippen LogP) is 4.91. The summed E-state index contributed by atoms with van der Waals surface area (Å²) in [7, 11) is 0. The van der Waals surface area contributed by atoms with E-state index in [-0.39, 0.29) is 0 Å². The lowest BCUT2D eigenvalue weighted by Crippen LogP contribution is -2.37. The van der Waals surface area contributed by atoms with Crippen molar-refractivity contribution in [3.05, 3.63) is 34.9 Å². The van der Waals surface area contributed by atoms with E-state index in [2.05, 4.69) is 39.0 Å². The molecule has 1 N–H and O–H groups in total. The number of carboxylic acid groups (broad SMARTS) is 1. The maximum atomic E-state index is 11.9. The van der Waals surface area contributed by atoms with Crippen molar-refractivity contribution < 1.29 is 9.90 Å². The smallest absolute Gasteiger partial charge is 0.309 e. The Morgan fingerprint density at radius 3 is 2.52 bits per heavy atom. The number of rotatable bonds is 5. The summed E-state index contributed by atoms with van der Waals surface area (Å²) in [6, 6.07) is 6.38.